The Morgan fingerprint density at radius 1 is 0.680 bits per heavy atom. The van der Waals surface area contributed by atoms with Crippen LogP contribution in [0.5, 0.6) is 11.5 Å². The minimum atomic E-state index is -0.389. The van der Waals surface area contributed by atoms with Crippen LogP contribution in [-0.2, 0) is 14.3 Å². The first-order valence-corrected chi connectivity index (χ1v) is 7.56. The van der Waals surface area contributed by atoms with Gasteiger partial charge in [0.05, 0.1) is 11.4 Å². The van der Waals surface area contributed by atoms with Gasteiger partial charge in [0.2, 0.25) is 11.8 Å². The zero-order valence-corrected chi connectivity index (χ0v) is 13.2. The lowest BCUT2D eigenvalue weighted by Crippen LogP contribution is -2.24. The van der Waals surface area contributed by atoms with Crippen LogP contribution in [-0.4, -0.2) is 25.0 Å². The molecule has 0 bridgehead atoms. The lowest BCUT2D eigenvalue weighted by molar-refractivity contribution is -0.125. The van der Waals surface area contributed by atoms with Gasteiger partial charge in [-0.25, -0.2) is 0 Å². The lowest BCUT2D eigenvalue weighted by Gasteiger charge is -2.10. The first kappa shape index (κ1) is 16.5. The Labute approximate surface area is 144 Å². The minimum Gasteiger partial charge on any atom is -0.460 e. The maximum Gasteiger partial charge on any atom is 0.250 e. The van der Waals surface area contributed by atoms with Gasteiger partial charge < -0.3 is 24.8 Å². The molecule has 0 atom stereocenters. The molecule has 3 rings (SSSR count). The van der Waals surface area contributed by atoms with Crippen molar-refractivity contribution in [2.24, 2.45) is 0 Å². The summed E-state index contributed by atoms with van der Waals surface area (Å²) in [5.41, 5.74) is 0.973. The molecule has 0 spiro atoms. The molecule has 1 heterocycles. The fourth-order valence-corrected chi connectivity index (χ4v) is 2.16. The molecular weight excluding hydrogens is 324 g/mol. The standard InChI is InChI=1S/C18H16N2O5/c21-17-11-23-12-18(22)20-14-6-2-4-8-16(14)25-10-9-24-15-7-3-1-5-13(15)19-17/h1-10H,11-12H2,(H,19,21)(H,20,22). The molecule has 0 radical (unpaired) electrons. The molecule has 2 N–H and O–H groups in total. The van der Waals surface area contributed by atoms with E-state index in [1.54, 1.807) is 48.5 Å². The van der Waals surface area contributed by atoms with Gasteiger partial charge in [-0.3, -0.25) is 9.59 Å². The van der Waals surface area contributed by atoms with E-state index in [-0.39, 0.29) is 25.0 Å². The number of hydrogen-bond acceptors (Lipinski definition) is 5. The molecule has 0 fully saturated rings. The average molecular weight is 340 g/mol. The van der Waals surface area contributed by atoms with Gasteiger partial charge >= 0.3 is 0 Å². The van der Waals surface area contributed by atoms with E-state index in [2.05, 4.69) is 10.6 Å². The molecule has 2 aromatic carbocycles. The number of amides is 2. The van der Waals surface area contributed by atoms with Crippen LogP contribution in [0.25, 0.3) is 0 Å². The molecule has 0 unspecified atom stereocenters. The van der Waals surface area contributed by atoms with Gasteiger partial charge in [-0.2, -0.15) is 0 Å². The summed E-state index contributed by atoms with van der Waals surface area (Å²) in [6.45, 7) is -0.508. The normalized spacial score (nSPS) is 15.2. The van der Waals surface area contributed by atoms with Gasteiger partial charge in [-0.1, -0.05) is 24.3 Å². The second-order valence-electron chi connectivity index (χ2n) is 5.09. The summed E-state index contributed by atoms with van der Waals surface area (Å²) in [5.74, 6) is 0.125. The molecule has 1 aliphatic rings. The van der Waals surface area contributed by atoms with Crippen molar-refractivity contribution in [3.63, 3.8) is 0 Å². The molecule has 0 saturated heterocycles. The molecule has 0 saturated carbocycles. The summed E-state index contributed by atoms with van der Waals surface area (Å²) in [5, 5.41) is 5.33. The van der Waals surface area contributed by atoms with Gasteiger partial charge in [0.25, 0.3) is 0 Å². The van der Waals surface area contributed by atoms with Crippen LogP contribution in [0, 0.1) is 0 Å². The zero-order valence-electron chi connectivity index (χ0n) is 13.2. The highest BCUT2D eigenvalue weighted by molar-refractivity contribution is 5.95. The Morgan fingerprint density at radius 2 is 1.12 bits per heavy atom. The van der Waals surface area contributed by atoms with Gasteiger partial charge in [0.15, 0.2) is 0 Å². The van der Waals surface area contributed by atoms with Crippen molar-refractivity contribution in [3.8, 4) is 11.5 Å². The summed E-state index contributed by atoms with van der Waals surface area (Å²) < 4.78 is 16.1. The number of hydrogen-bond donors (Lipinski definition) is 2. The second-order valence-corrected chi connectivity index (χ2v) is 5.09. The highest BCUT2D eigenvalue weighted by Gasteiger charge is 2.11. The highest BCUT2D eigenvalue weighted by atomic mass is 16.5. The van der Waals surface area contributed by atoms with Gasteiger partial charge in [-0.15, -0.1) is 0 Å². The van der Waals surface area contributed by atoms with Crippen LogP contribution < -0.4 is 20.1 Å². The molecule has 7 nitrogen and oxygen atoms in total. The van der Waals surface area contributed by atoms with Crippen molar-refractivity contribution in [3.05, 3.63) is 61.1 Å². The van der Waals surface area contributed by atoms with E-state index in [1.807, 2.05) is 0 Å². The molecule has 0 aromatic heterocycles. The smallest absolute Gasteiger partial charge is 0.250 e. The number of fused-ring (bicyclic) bond motifs is 2. The molecule has 25 heavy (non-hydrogen) atoms. The Balaban J connectivity index is 1.84. The molecule has 7 heteroatoms. The third-order valence-electron chi connectivity index (χ3n) is 3.23. The quantitative estimate of drug-likeness (QED) is 0.770. The molecule has 1 aliphatic heterocycles. The van der Waals surface area contributed by atoms with E-state index in [4.69, 9.17) is 14.2 Å². The number of nitrogens with one attached hydrogen (secondary N) is 2. The van der Waals surface area contributed by atoms with Crippen molar-refractivity contribution in [1.29, 1.82) is 0 Å². The Kier molecular flexibility index (Phi) is 5.28. The molecular formula is C18H16N2O5. The number of carbonyl (C=O) groups excluding carboxylic acids is 2. The van der Waals surface area contributed by atoms with Crippen molar-refractivity contribution in [2.45, 2.75) is 0 Å². The van der Waals surface area contributed by atoms with E-state index in [9.17, 15) is 9.59 Å². The fraction of sp³-hybridized carbons (Fsp3) is 0.111. The Bertz CT molecular complexity index is 738. The van der Waals surface area contributed by atoms with E-state index >= 15 is 0 Å². The molecule has 0 aliphatic carbocycles. The second kappa shape index (κ2) is 7.98. The van der Waals surface area contributed by atoms with E-state index in [1.165, 1.54) is 12.5 Å². The third kappa shape index (κ3) is 4.58. The molecule has 128 valence electrons. The number of carbonyl (C=O) groups is 2. The van der Waals surface area contributed by atoms with E-state index < -0.39 is 0 Å². The van der Waals surface area contributed by atoms with Crippen LogP contribution in [0.3, 0.4) is 0 Å². The maximum atomic E-state index is 11.9. The van der Waals surface area contributed by atoms with Crippen LogP contribution in [0.2, 0.25) is 0 Å². The fourth-order valence-electron chi connectivity index (χ4n) is 2.16. The van der Waals surface area contributed by atoms with Gasteiger partial charge in [0, 0.05) is 0 Å². The number of benzene rings is 2. The summed E-state index contributed by atoms with van der Waals surface area (Å²) in [4.78, 5) is 23.8. The van der Waals surface area contributed by atoms with Gasteiger partial charge in [0.1, 0.15) is 37.2 Å². The van der Waals surface area contributed by atoms with E-state index in [0.29, 0.717) is 22.9 Å². The van der Waals surface area contributed by atoms with Gasteiger partial charge in [-0.05, 0) is 24.3 Å². The Morgan fingerprint density at radius 3 is 1.60 bits per heavy atom. The summed E-state index contributed by atoms with van der Waals surface area (Å²) in [7, 11) is 0. The summed E-state index contributed by atoms with van der Waals surface area (Å²) in [6.07, 6.45) is 2.69. The predicted molar refractivity (Wildman–Crippen MR) is 91.4 cm³/mol. The summed E-state index contributed by atoms with van der Waals surface area (Å²) in [6, 6.07) is 13.9. The maximum absolute atomic E-state index is 11.9. The Hall–Kier alpha value is -3.32. The monoisotopic (exact) mass is 340 g/mol. The first-order valence-electron chi connectivity index (χ1n) is 7.56. The summed E-state index contributed by atoms with van der Waals surface area (Å²) >= 11 is 0. The molecule has 2 aromatic rings. The lowest BCUT2D eigenvalue weighted by atomic mass is 10.3. The topological polar surface area (TPSA) is 85.9 Å². The first-order chi connectivity index (χ1) is 12.2. The van der Waals surface area contributed by atoms with Crippen molar-refractivity contribution >= 4 is 23.2 Å². The highest BCUT2D eigenvalue weighted by Crippen LogP contribution is 2.26. The minimum absolute atomic E-state index is 0.254. The predicted octanol–water partition coefficient (Wildman–Crippen LogP) is 2.52. The van der Waals surface area contributed by atoms with Crippen LogP contribution in [0.1, 0.15) is 0 Å². The van der Waals surface area contributed by atoms with E-state index in [0.717, 1.165) is 0 Å². The van der Waals surface area contributed by atoms with Crippen LogP contribution >= 0.6 is 0 Å². The number of anilines is 2. The zero-order chi connectivity index (χ0) is 17.5. The number of para-hydroxylation sites is 4. The third-order valence-corrected chi connectivity index (χ3v) is 3.23. The van der Waals surface area contributed by atoms with Crippen molar-refractivity contribution in [2.75, 3.05) is 23.8 Å². The van der Waals surface area contributed by atoms with Crippen molar-refractivity contribution < 1.29 is 23.8 Å². The number of rotatable bonds is 0. The van der Waals surface area contributed by atoms with Crippen LogP contribution in [0.4, 0.5) is 11.4 Å². The number of ether oxygens (including phenoxy) is 3. The SMILES string of the molecule is O=C1COCC(=O)Nc2ccccc2OC=COc2ccccc2N1. The van der Waals surface area contributed by atoms with Crippen LogP contribution in [0.15, 0.2) is 61.1 Å². The van der Waals surface area contributed by atoms with Crippen molar-refractivity contribution in [1.82, 2.24) is 0 Å². The average Bonchev–Trinajstić information content (AvgIpc) is 2.61. The molecule has 2 amide bonds. The largest absolute Gasteiger partial charge is 0.460 e.